The average Bonchev–Trinajstić information content (AvgIpc) is 2.53. The van der Waals surface area contributed by atoms with Crippen molar-refractivity contribution in [3.63, 3.8) is 0 Å². The Morgan fingerprint density at radius 3 is 2.38 bits per heavy atom. The molecule has 1 N–H and O–H groups in total. The summed E-state index contributed by atoms with van der Waals surface area (Å²) in [4.78, 5) is 37.1. The lowest BCUT2D eigenvalue weighted by molar-refractivity contribution is -0.135. The van der Waals surface area contributed by atoms with Crippen LogP contribution in [0, 0.1) is 0 Å². The van der Waals surface area contributed by atoms with E-state index in [1.807, 2.05) is 0 Å². The first kappa shape index (κ1) is 15.7. The van der Waals surface area contributed by atoms with Gasteiger partial charge < -0.3 is 15.0 Å². The number of hydrogen-bond acceptors (Lipinski definition) is 4. The predicted octanol–water partition coefficient (Wildman–Crippen LogP) is 0.607. The summed E-state index contributed by atoms with van der Waals surface area (Å²) in [6.07, 6.45) is 0. The van der Waals surface area contributed by atoms with Crippen LogP contribution < -0.4 is 5.32 Å². The van der Waals surface area contributed by atoms with Crippen molar-refractivity contribution < 1.29 is 19.1 Å². The number of amides is 2. The molecule has 1 heterocycles. The molecule has 0 radical (unpaired) electrons. The van der Waals surface area contributed by atoms with Crippen LogP contribution in [0.2, 0.25) is 0 Å². The molecule has 1 aromatic rings. The summed E-state index contributed by atoms with van der Waals surface area (Å²) in [7, 11) is 0. The summed E-state index contributed by atoms with van der Waals surface area (Å²) in [5.74, 6) is -1.65. The third kappa shape index (κ3) is 4.37. The lowest BCUT2D eigenvalue weighted by atomic mass is 10.1. The standard InChI is InChI=1S/C14H15BrN2O4/c15-11-3-1-10(2-4-11)13(19)14(20)16-9-12(18)17-5-7-21-8-6-17/h1-4H,5-9H2,(H,16,20). The van der Waals surface area contributed by atoms with Crippen LogP contribution in [0.3, 0.4) is 0 Å². The molecule has 0 atom stereocenters. The first-order valence-electron chi connectivity index (χ1n) is 6.51. The van der Waals surface area contributed by atoms with Crippen molar-refractivity contribution >= 4 is 33.5 Å². The number of morpholine rings is 1. The van der Waals surface area contributed by atoms with Crippen LogP contribution in [0.4, 0.5) is 0 Å². The molecule has 0 bridgehead atoms. The largest absolute Gasteiger partial charge is 0.378 e. The van der Waals surface area contributed by atoms with Crippen LogP contribution in [0.5, 0.6) is 0 Å². The molecular formula is C14H15BrN2O4. The van der Waals surface area contributed by atoms with Crippen molar-refractivity contribution in [3.8, 4) is 0 Å². The van der Waals surface area contributed by atoms with E-state index in [9.17, 15) is 14.4 Å². The molecule has 112 valence electrons. The zero-order valence-corrected chi connectivity index (χ0v) is 12.9. The minimum absolute atomic E-state index is 0.179. The second-order valence-corrected chi connectivity index (χ2v) is 5.43. The minimum Gasteiger partial charge on any atom is -0.378 e. The first-order chi connectivity index (χ1) is 10.1. The van der Waals surface area contributed by atoms with Crippen LogP contribution >= 0.6 is 15.9 Å². The maximum Gasteiger partial charge on any atom is 0.292 e. The molecule has 7 heteroatoms. The fourth-order valence-corrected chi connectivity index (χ4v) is 2.16. The van der Waals surface area contributed by atoms with E-state index in [-0.39, 0.29) is 18.0 Å². The third-order valence-electron chi connectivity index (χ3n) is 3.08. The number of nitrogens with one attached hydrogen (secondary N) is 1. The molecule has 1 aliphatic rings. The fraction of sp³-hybridized carbons (Fsp3) is 0.357. The lowest BCUT2D eigenvalue weighted by Crippen LogP contribution is -2.46. The van der Waals surface area contributed by atoms with E-state index in [1.165, 1.54) is 0 Å². The molecule has 1 fully saturated rings. The molecule has 2 amide bonds. The van der Waals surface area contributed by atoms with Gasteiger partial charge in [0, 0.05) is 23.1 Å². The molecule has 21 heavy (non-hydrogen) atoms. The molecule has 0 aromatic heterocycles. The summed E-state index contributed by atoms with van der Waals surface area (Å²) < 4.78 is 5.96. The lowest BCUT2D eigenvalue weighted by Gasteiger charge is -2.26. The number of rotatable bonds is 4. The predicted molar refractivity (Wildman–Crippen MR) is 78.9 cm³/mol. The van der Waals surface area contributed by atoms with Crippen LogP contribution in [-0.4, -0.2) is 55.3 Å². The van der Waals surface area contributed by atoms with Crippen LogP contribution in [0.1, 0.15) is 10.4 Å². The summed E-state index contributed by atoms with van der Waals surface area (Å²) in [6, 6.07) is 6.46. The molecule has 0 saturated carbocycles. The molecule has 2 rings (SSSR count). The number of Topliss-reactive ketones (excluding diaryl/α,β-unsaturated/α-hetero) is 1. The van der Waals surface area contributed by atoms with E-state index in [0.717, 1.165) is 4.47 Å². The summed E-state index contributed by atoms with van der Waals surface area (Å²) >= 11 is 3.25. The van der Waals surface area contributed by atoms with Crippen molar-refractivity contribution in [2.75, 3.05) is 32.8 Å². The Balaban J connectivity index is 1.84. The Labute approximate surface area is 130 Å². The van der Waals surface area contributed by atoms with Crippen molar-refractivity contribution in [3.05, 3.63) is 34.3 Å². The second kappa shape index (κ2) is 7.33. The summed E-state index contributed by atoms with van der Waals surface area (Å²) in [5.41, 5.74) is 0.287. The van der Waals surface area contributed by atoms with Gasteiger partial charge in [0.2, 0.25) is 11.7 Å². The molecule has 6 nitrogen and oxygen atoms in total. The number of ketones is 1. The molecule has 1 aliphatic heterocycles. The van der Waals surface area contributed by atoms with E-state index in [0.29, 0.717) is 26.3 Å². The smallest absolute Gasteiger partial charge is 0.292 e. The number of carbonyl (C=O) groups is 3. The van der Waals surface area contributed by atoms with Gasteiger partial charge in [-0.15, -0.1) is 0 Å². The van der Waals surface area contributed by atoms with Gasteiger partial charge >= 0.3 is 0 Å². The SMILES string of the molecule is O=C(NCC(=O)N1CCOCC1)C(=O)c1ccc(Br)cc1. The van der Waals surface area contributed by atoms with Gasteiger partial charge in [-0.05, 0) is 24.3 Å². The maximum atomic E-state index is 11.9. The van der Waals surface area contributed by atoms with Crippen LogP contribution in [0.15, 0.2) is 28.7 Å². The topological polar surface area (TPSA) is 75.7 Å². The first-order valence-corrected chi connectivity index (χ1v) is 7.31. The van der Waals surface area contributed by atoms with Gasteiger partial charge in [-0.25, -0.2) is 0 Å². The van der Waals surface area contributed by atoms with Crippen molar-refractivity contribution in [1.82, 2.24) is 10.2 Å². The van der Waals surface area contributed by atoms with E-state index >= 15 is 0 Å². The number of benzene rings is 1. The summed E-state index contributed by atoms with van der Waals surface area (Å²) in [5, 5.41) is 2.36. The van der Waals surface area contributed by atoms with E-state index in [2.05, 4.69) is 21.2 Å². The monoisotopic (exact) mass is 354 g/mol. The molecular weight excluding hydrogens is 340 g/mol. The maximum absolute atomic E-state index is 11.9. The average molecular weight is 355 g/mol. The molecule has 0 aliphatic carbocycles. The van der Waals surface area contributed by atoms with E-state index in [1.54, 1.807) is 29.2 Å². The Morgan fingerprint density at radius 2 is 1.76 bits per heavy atom. The molecule has 0 unspecified atom stereocenters. The fourth-order valence-electron chi connectivity index (χ4n) is 1.89. The molecule has 1 saturated heterocycles. The highest BCUT2D eigenvalue weighted by molar-refractivity contribution is 9.10. The van der Waals surface area contributed by atoms with Gasteiger partial charge in [0.25, 0.3) is 5.91 Å². The van der Waals surface area contributed by atoms with Crippen molar-refractivity contribution in [1.29, 1.82) is 0 Å². The normalized spacial score (nSPS) is 14.6. The number of nitrogens with zero attached hydrogens (tertiary/aromatic N) is 1. The van der Waals surface area contributed by atoms with Gasteiger partial charge in [-0.2, -0.15) is 0 Å². The number of carbonyl (C=O) groups excluding carboxylic acids is 3. The highest BCUT2D eigenvalue weighted by atomic mass is 79.9. The van der Waals surface area contributed by atoms with Crippen LogP contribution in [0.25, 0.3) is 0 Å². The number of halogens is 1. The van der Waals surface area contributed by atoms with Gasteiger partial charge in [0.05, 0.1) is 19.8 Å². The Kier molecular flexibility index (Phi) is 5.46. The minimum atomic E-state index is -0.779. The van der Waals surface area contributed by atoms with Gasteiger partial charge in [-0.3, -0.25) is 14.4 Å². The summed E-state index contributed by atoms with van der Waals surface area (Å²) in [6.45, 7) is 1.83. The second-order valence-electron chi connectivity index (χ2n) is 4.51. The van der Waals surface area contributed by atoms with E-state index < -0.39 is 11.7 Å². The van der Waals surface area contributed by atoms with Crippen molar-refractivity contribution in [2.24, 2.45) is 0 Å². The zero-order chi connectivity index (χ0) is 15.2. The Hall–Kier alpha value is -1.73. The number of ether oxygens (including phenoxy) is 1. The Morgan fingerprint density at radius 1 is 1.14 bits per heavy atom. The zero-order valence-electron chi connectivity index (χ0n) is 11.3. The molecule has 1 aromatic carbocycles. The van der Waals surface area contributed by atoms with Crippen LogP contribution in [-0.2, 0) is 14.3 Å². The highest BCUT2D eigenvalue weighted by Crippen LogP contribution is 2.10. The van der Waals surface area contributed by atoms with E-state index in [4.69, 9.17) is 4.74 Å². The Bertz CT molecular complexity index is 538. The van der Waals surface area contributed by atoms with Gasteiger partial charge in [0.15, 0.2) is 0 Å². The van der Waals surface area contributed by atoms with Gasteiger partial charge in [0.1, 0.15) is 0 Å². The quantitative estimate of drug-likeness (QED) is 0.634. The van der Waals surface area contributed by atoms with Gasteiger partial charge in [-0.1, -0.05) is 15.9 Å². The number of hydrogen-bond donors (Lipinski definition) is 1. The third-order valence-corrected chi connectivity index (χ3v) is 3.61. The molecule has 0 spiro atoms. The highest BCUT2D eigenvalue weighted by Gasteiger charge is 2.20. The van der Waals surface area contributed by atoms with Crippen molar-refractivity contribution in [2.45, 2.75) is 0 Å².